The first-order valence-electron chi connectivity index (χ1n) is 7.12. The van der Waals surface area contributed by atoms with Crippen LogP contribution in [0.3, 0.4) is 0 Å². The zero-order valence-corrected chi connectivity index (χ0v) is 12.0. The second kappa shape index (κ2) is 6.32. The molecule has 0 radical (unpaired) electrons. The molecule has 2 nitrogen and oxygen atoms in total. The zero-order chi connectivity index (χ0) is 15.6. The molecular weight excluding hydrogens is 284 g/mol. The molecule has 2 N–H and O–H groups in total. The minimum absolute atomic E-state index is 0.160. The van der Waals surface area contributed by atoms with Gasteiger partial charge in [-0.3, -0.25) is 4.90 Å². The molecule has 1 atom stereocenters. The van der Waals surface area contributed by atoms with Crippen LogP contribution in [0.1, 0.15) is 42.9 Å². The summed E-state index contributed by atoms with van der Waals surface area (Å²) in [5, 5.41) is 0. The second-order valence-electron chi connectivity index (χ2n) is 5.63. The highest BCUT2D eigenvalue weighted by atomic mass is 19.4. The number of rotatable bonds is 4. The topological polar surface area (TPSA) is 29.3 Å². The van der Waals surface area contributed by atoms with Crippen molar-refractivity contribution in [2.45, 2.75) is 43.9 Å². The Kier molecular flexibility index (Phi) is 4.88. The van der Waals surface area contributed by atoms with E-state index in [-0.39, 0.29) is 6.54 Å². The van der Waals surface area contributed by atoms with E-state index in [0.717, 1.165) is 37.8 Å². The highest BCUT2D eigenvalue weighted by Crippen LogP contribution is 2.34. The number of hydrogen-bond donors (Lipinski definition) is 1. The van der Waals surface area contributed by atoms with E-state index in [9.17, 15) is 17.6 Å². The Morgan fingerprint density at radius 1 is 1.24 bits per heavy atom. The predicted molar refractivity (Wildman–Crippen MR) is 73.2 cm³/mol. The number of hydrogen-bond acceptors (Lipinski definition) is 2. The Morgan fingerprint density at radius 3 is 2.38 bits per heavy atom. The van der Waals surface area contributed by atoms with Gasteiger partial charge in [-0.25, -0.2) is 4.39 Å². The third kappa shape index (κ3) is 3.74. The summed E-state index contributed by atoms with van der Waals surface area (Å²) in [6.45, 7) is 0.160. The summed E-state index contributed by atoms with van der Waals surface area (Å²) < 4.78 is 52.0. The molecule has 0 aromatic heterocycles. The lowest BCUT2D eigenvalue weighted by atomic mass is 10.0. The van der Waals surface area contributed by atoms with E-state index in [0.29, 0.717) is 17.7 Å². The minimum atomic E-state index is -4.55. The molecule has 21 heavy (non-hydrogen) atoms. The molecule has 0 bridgehead atoms. The van der Waals surface area contributed by atoms with Crippen molar-refractivity contribution in [2.24, 2.45) is 5.73 Å². The van der Waals surface area contributed by atoms with E-state index in [4.69, 9.17) is 5.73 Å². The average molecular weight is 304 g/mol. The van der Waals surface area contributed by atoms with Gasteiger partial charge in [0, 0.05) is 18.6 Å². The lowest BCUT2D eigenvalue weighted by molar-refractivity contribution is -0.137. The third-order valence-corrected chi connectivity index (χ3v) is 4.25. The fourth-order valence-electron chi connectivity index (χ4n) is 3.07. The van der Waals surface area contributed by atoms with Crippen LogP contribution in [0.5, 0.6) is 0 Å². The van der Waals surface area contributed by atoms with Crippen LogP contribution in [0, 0.1) is 5.82 Å². The summed E-state index contributed by atoms with van der Waals surface area (Å²) in [5.41, 5.74) is 5.07. The highest BCUT2D eigenvalue weighted by molar-refractivity contribution is 5.29. The molecule has 118 valence electrons. The van der Waals surface area contributed by atoms with Crippen LogP contribution < -0.4 is 5.73 Å². The predicted octanol–water partition coefficient (Wildman–Crippen LogP) is 3.72. The standard InChI is InChI=1S/C15H20F4N2/c1-21(13-4-2-3-5-13)14(9-20)10-6-11(15(17,18)19)8-12(16)7-10/h6-8,13-14H,2-5,9,20H2,1H3. The number of benzene rings is 1. The molecule has 1 unspecified atom stereocenters. The Bertz CT molecular complexity index is 481. The highest BCUT2D eigenvalue weighted by Gasteiger charge is 2.33. The molecule has 0 heterocycles. The molecule has 1 saturated carbocycles. The summed E-state index contributed by atoms with van der Waals surface area (Å²) in [6, 6.07) is 2.58. The second-order valence-corrected chi connectivity index (χ2v) is 5.63. The maximum absolute atomic E-state index is 13.5. The van der Waals surface area contributed by atoms with Crippen LogP contribution in [0.25, 0.3) is 0 Å². The molecule has 0 saturated heterocycles. The van der Waals surface area contributed by atoms with Gasteiger partial charge in [0.15, 0.2) is 0 Å². The van der Waals surface area contributed by atoms with E-state index in [1.165, 1.54) is 0 Å². The molecule has 1 aromatic rings. The van der Waals surface area contributed by atoms with Gasteiger partial charge in [-0.05, 0) is 43.7 Å². The van der Waals surface area contributed by atoms with Crippen LogP contribution in [0.15, 0.2) is 18.2 Å². The lowest BCUT2D eigenvalue weighted by Gasteiger charge is -2.33. The molecule has 1 aromatic carbocycles. The summed E-state index contributed by atoms with van der Waals surface area (Å²) in [7, 11) is 1.85. The van der Waals surface area contributed by atoms with E-state index >= 15 is 0 Å². The van der Waals surface area contributed by atoms with Crippen LogP contribution in [0.2, 0.25) is 0 Å². The molecule has 0 aliphatic heterocycles. The van der Waals surface area contributed by atoms with E-state index in [1.807, 2.05) is 11.9 Å². The normalized spacial score (nSPS) is 18.4. The van der Waals surface area contributed by atoms with Crippen molar-refractivity contribution in [1.29, 1.82) is 0 Å². The lowest BCUT2D eigenvalue weighted by Crippen LogP contribution is -2.37. The van der Waals surface area contributed by atoms with Crippen molar-refractivity contribution in [1.82, 2.24) is 4.90 Å². The van der Waals surface area contributed by atoms with E-state index in [2.05, 4.69) is 0 Å². The summed E-state index contributed by atoms with van der Waals surface area (Å²) in [6.07, 6.45) is -0.308. The van der Waals surface area contributed by atoms with Gasteiger partial charge in [0.05, 0.1) is 5.56 Å². The Balaban J connectivity index is 2.31. The van der Waals surface area contributed by atoms with Crippen LogP contribution in [0.4, 0.5) is 17.6 Å². The van der Waals surface area contributed by atoms with Crippen molar-refractivity contribution < 1.29 is 17.6 Å². The largest absolute Gasteiger partial charge is 0.416 e. The molecular formula is C15H20F4N2. The first kappa shape index (κ1) is 16.2. The van der Waals surface area contributed by atoms with Crippen molar-refractivity contribution in [3.63, 3.8) is 0 Å². The Morgan fingerprint density at radius 2 is 1.86 bits per heavy atom. The van der Waals surface area contributed by atoms with Gasteiger partial charge in [0.2, 0.25) is 0 Å². The number of nitrogens with zero attached hydrogens (tertiary/aromatic N) is 1. The summed E-state index contributed by atoms with van der Waals surface area (Å²) >= 11 is 0. The van der Waals surface area contributed by atoms with Gasteiger partial charge in [0.1, 0.15) is 5.82 Å². The first-order valence-corrected chi connectivity index (χ1v) is 7.12. The average Bonchev–Trinajstić information content (AvgIpc) is 2.91. The monoisotopic (exact) mass is 304 g/mol. The van der Waals surface area contributed by atoms with Crippen LogP contribution in [-0.4, -0.2) is 24.5 Å². The SMILES string of the molecule is CN(C1CCCC1)C(CN)c1cc(F)cc(C(F)(F)F)c1. The molecule has 2 rings (SSSR count). The summed E-state index contributed by atoms with van der Waals surface area (Å²) in [5.74, 6) is -0.877. The van der Waals surface area contributed by atoms with E-state index < -0.39 is 23.6 Å². The van der Waals surface area contributed by atoms with Gasteiger partial charge in [-0.2, -0.15) is 13.2 Å². The van der Waals surface area contributed by atoms with Gasteiger partial charge in [0.25, 0.3) is 0 Å². The number of alkyl halides is 3. The smallest absolute Gasteiger partial charge is 0.329 e. The van der Waals surface area contributed by atoms with Crippen molar-refractivity contribution in [3.8, 4) is 0 Å². The maximum atomic E-state index is 13.5. The fourth-order valence-corrected chi connectivity index (χ4v) is 3.07. The zero-order valence-electron chi connectivity index (χ0n) is 12.0. The molecule has 1 aliphatic carbocycles. The van der Waals surface area contributed by atoms with Gasteiger partial charge < -0.3 is 5.73 Å². The number of likely N-dealkylation sites (N-methyl/N-ethyl adjacent to an activating group) is 1. The number of halogens is 4. The molecule has 0 spiro atoms. The molecule has 1 fully saturated rings. The van der Waals surface area contributed by atoms with Gasteiger partial charge >= 0.3 is 6.18 Å². The van der Waals surface area contributed by atoms with Crippen molar-refractivity contribution in [3.05, 3.63) is 35.1 Å². The van der Waals surface area contributed by atoms with Crippen LogP contribution in [-0.2, 0) is 6.18 Å². The van der Waals surface area contributed by atoms with Gasteiger partial charge in [-0.1, -0.05) is 12.8 Å². The number of nitrogens with two attached hydrogens (primary N) is 1. The Hall–Kier alpha value is -1.14. The van der Waals surface area contributed by atoms with Crippen molar-refractivity contribution in [2.75, 3.05) is 13.6 Å². The van der Waals surface area contributed by atoms with E-state index in [1.54, 1.807) is 0 Å². The fraction of sp³-hybridized carbons (Fsp3) is 0.600. The maximum Gasteiger partial charge on any atom is 0.416 e. The molecule has 6 heteroatoms. The minimum Gasteiger partial charge on any atom is -0.329 e. The third-order valence-electron chi connectivity index (χ3n) is 4.25. The summed E-state index contributed by atoms with van der Waals surface area (Å²) in [4.78, 5) is 1.99. The molecule has 1 aliphatic rings. The quantitative estimate of drug-likeness (QED) is 0.859. The Labute approximate surface area is 121 Å². The van der Waals surface area contributed by atoms with Crippen molar-refractivity contribution >= 4 is 0 Å². The van der Waals surface area contributed by atoms with Crippen LogP contribution >= 0.6 is 0 Å². The van der Waals surface area contributed by atoms with Gasteiger partial charge in [-0.15, -0.1) is 0 Å². The first-order chi connectivity index (χ1) is 9.82. The molecule has 0 amide bonds.